The molecule has 0 aromatic heterocycles. The van der Waals surface area contributed by atoms with Crippen LogP contribution >= 0.6 is 0 Å². The number of carbonyl (C=O) groups is 1. The second kappa shape index (κ2) is 7.88. The minimum atomic E-state index is 0.0330. The maximum absolute atomic E-state index is 11.9. The zero-order chi connectivity index (χ0) is 15.1. The summed E-state index contributed by atoms with van der Waals surface area (Å²) in [7, 11) is 0. The Hall–Kier alpha value is -1.75. The Morgan fingerprint density at radius 2 is 2.19 bits per heavy atom. The molecule has 1 aliphatic heterocycles. The van der Waals surface area contributed by atoms with Gasteiger partial charge in [0.15, 0.2) is 0 Å². The molecule has 1 fully saturated rings. The second-order valence-electron chi connectivity index (χ2n) is 5.65. The van der Waals surface area contributed by atoms with Gasteiger partial charge in [0.2, 0.25) is 5.91 Å². The van der Waals surface area contributed by atoms with Gasteiger partial charge in [-0.3, -0.25) is 4.79 Å². The molecule has 116 valence electrons. The molecule has 21 heavy (non-hydrogen) atoms. The summed E-state index contributed by atoms with van der Waals surface area (Å²) in [5.41, 5.74) is 6.33. The molecule has 1 unspecified atom stereocenters. The van der Waals surface area contributed by atoms with Crippen LogP contribution in [0.5, 0.6) is 5.75 Å². The molecule has 2 rings (SSSR count). The lowest BCUT2D eigenvalue weighted by Gasteiger charge is -2.21. The third-order valence-corrected chi connectivity index (χ3v) is 3.59. The molecule has 0 aliphatic carbocycles. The lowest BCUT2D eigenvalue weighted by molar-refractivity contribution is -0.122. The SMILES string of the molecule is CC(CN1CCCC1)NC(=O)CCOc1cccc(N)c1. The number of benzene rings is 1. The van der Waals surface area contributed by atoms with Crippen molar-refractivity contribution in [2.24, 2.45) is 0 Å². The van der Waals surface area contributed by atoms with Gasteiger partial charge in [-0.05, 0) is 45.0 Å². The second-order valence-corrected chi connectivity index (χ2v) is 5.65. The lowest BCUT2D eigenvalue weighted by Crippen LogP contribution is -2.41. The van der Waals surface area contributed by atoms with E-state index >= 15 is 0 Å². The topological polar surface area (TPSA) is 67.6 Å². The van der Waals surface area contributed by atoms with Crippen molar-refractivity contribution in [3.63, 3.8) is 0 Å². The van der Waals surface area contributed by atoms with E-state index in [4.69, 9.17) is 10.5 Å². The van der Waals surface area contributed by atoms with E-state index < -0.39 is 0 Å². The summed E-state index contributed by atoms with van der Waals surface area (Å²) >= 11 is 0. The Balaban J connectivity index is 1.62. The highest BCUT2D eigenvalue weighted by Gasteiger charge is 2.15. The minimum Gasteiger partial charge on any atom is -0.493 e. The first-order chi connectivity index (χ1) is 10.1. The summed E-state index contributed by atoms with van der Waals surface area (Å²) < 4.78 is 5.52. The molecule has 0 spiro atoms. The van der Waals surface area contributed by atoms with Crippen molar-refractivity contribution < 1.29 is 9.53 Å². The number of likely N-dealkylation sites (tertiary alicyclic amines) is 1. The third kappa shape index (κ3) is 5.63. The molecule has 5 nitrogen and oxygen atoms in total. The zero-order valence-corrected chi connectivity index (χ0v) is 12.7. The van der Waals surface area contributed by atoms with Crippen molar-refractivity contribution in [3.8, 4) is 5.75 Å². The molecule has 1 amide bonds. The standard InChI is InChI=1S/C16H25N3O2/c1-13(12-19-8-2-3-9-19)18-16(20)7-10-21-15-6-4-5-14(17)11-15/h4-6,11,13H,2-3,7-10,12,17H2,1H3,(H,18,20). The van der Waals surface area contributed by atoms with Crippen LogP contribution < -0.4 is 15.8 Å². The number of nitrogens with one attached hydrogen (secondary N) is 1. The molecule has 1 aromatic carbocycles. The van der Waals surface area contributed by atoms with Crippen LogP contribution in [0.4, 0.5) is 5.69 Å². The largest absolute Gasteiger partial charge is 0.493 e. The summed E-state index contributed by atoms with van der Waals surface area (Å²) in [6.45, 7) is 5.65. The molecular weight excluding hydrogens is 266 g/mol. The summed E-state index contributed by atoms with van der Waals surface area (Å²) in [6, 6.07) is 7.42. The first-order valence-electron chi connectivity index (χ1n) is 7.63. The summed E-state index contributed by atoms with van der Waals surface area (Å²) in [6.07, 6.45) is 2.91. The van der Waals surface area contributed by atoms with E-state index in [9.17, 15) is 4.79 Å². The fourth-order valence-corrected chi connectivity index (χ4v) is 2.61. The van der Waals surface area contributed by atoms with Gasteiger partial charge in [0.1, 0.15) is 5.75 Å². The first kappa shape index (κ1) is 15.6. The quantitative estimate of drug-likeness (QED) is 0.749. The van der Waals surface area contributed by atoms with Crippen LogP contribution in [-0.4, -0.2) is 43.1 Å². The van der Waals surface area contributed by atoms with Gasteiger partial charge in [-0.1, -0.05) is 6.07 Å². The van der Waals surface area contributed by atoms with Crippen LogP contribution in [0, 0.1) is 0 Å². The number of anilines is 1. The highest BCUT2D eigenvalue weighted by atomic mass is 16.5. The van der Waals surface area contributed by atoms with Crippen molar-refractivity contribution in [2.75, 3.05) is 32.0 Å². The van der Waals surface area contributed by atoms with Gasteiger partial charge < -0.3 is 20.7 Å². The van der Waals surface area contributed by atoms with Gasteiger partial charge in [-0.2, -0.15) is 0 Å². The molecule has 3 N–H and O–H groups in total. The molecule has 0 radical (unpaired) electrons. The molecule has 1 saturated heterocycles. The Labute approximate surface area is 126 Å². The first-order valence-corrected chi connectivity index (χ1v) is 7.63. The van der Waals surface area contributed by atoms with Crippen LogP contribution in [-0.2, 0) is 4.79 Å². The third-order valence-electron chi connectivity index (χ3n) is 3.59. The van der Waals surface area contributed by atoms with Crippen LogP contribution in [0.2, 0.25) is 0 Å². The van der Waals surface area contributed by atoms with Crippen molar-refractivity contribution in [3.05, 3.63) is 24.3 Å². The Morgan fingerprint density at radius 3 is 2.90 bits per heavy atom. The van der Waals surface area contributed by atoms with Crippen LogP contribution in [0.25, 0.3) is 0 Å². The van der Waals surface area contributed by atoms with E-state index in [1.807, 2.05) is 12.1 Å². The molecule has 1 heterocycles. The van der Waals surface area contributed by atoms with Crippen LogP contribution in [0.1, 0.15) is 26.2 Å². The average molecular weight is 291 g/mol. The number of carbonyl (C=O) groups excluding carboxylic acids is 1. The molecule has 1 aliphatic rings. The van der Waals surface area contributed by atoms with Gasteiger partial charge >= 0.3 is 0 Å². The Kier molecular flexibility index (Phi) is 5.87. The molecule has 5 heteroatoms. The van der Waals surface area contributed by atoms with Gasteiger partial charge in [-0.25, -0.2) is 0 Å². The predicted octanol–water partition coefficient (Wildman–Crippen LogP) is 1.64. The number of ether oxygens (including phenoxy) is 1. The summed E-state index contributed by atoms with van der Waals surface area (Å²) in [5, 5.41) is 3.02. The Morgan fingerprint density at radius 1 is 1.43 bits per heavy atom. The number of rotatable bonds is 7. The normalized spacial score (nSPS) is 16.6. The van der Waals surface area contributed by atoms with Crippen molar-refractivity contribution >= 4 is 11.6 Å². The number of nitrogens with two attached hydrogens (primary N) is 1. The van der Waals surface area contributed by atoms with E-state index in [0.29, 0.717) is 24.5 Å². The van der Waals surface area contributed by atoms with E-state index in [1.165, 1.54) is 12.8 Å². The number of hydrogen-bond donors (Lipinski definition) is 2. The van der Waals surface area contributed by atoms with E-state index in [2.05, 4.69) is 17.1 Å². The fourth-order valence-electron chi connectivity index (χ4n) is 2.61. The van der Waals surface area contributed by atoms with Crippen LogP contribution in [0.3, 0.4) is 0 Å². The molecule has 1 aromatic rings. The predicted molar refractivity (Wildman–Crippen MR) is 84.2 cm³/mol. The van der Waals surface area contributed by atoms with Gasteiger partial charge in [0, 0.05) is 24.3 Å². The highest BCUT2D eigenvalue weighted by molar-refractivity contribution is 5.76. The summed E-state index contributed by atoms with van der Waals surface area (Å²) in [5.74, 6) is 0.735. The molecule has 0 saturated carbocycles. The van der Waals surface area contributed by atoms with E-state index in [-0.39, 0.29) is 11.9 Å². The van der Waals surface area contributed by atoms with Gasteiger partial charge in [0.05, 0.1) is 13.0 Å². The maximum atomic E-state index is 11.9. The average Bonchev–Trinajstić information content (AvgIpc) is 2.91. The fraction of sp³-hybridized carbons (Fsp3) is 0.562. The minimum absolute atomic E-state index is 0.0330. The number of nitrogens with zero attached hydrogens (tertiary/aromatic N) is 1. The molecular formula is C16H25N3O2. The highest BCUT2D eigenvalue weighted by Crippen LogP contribution is 2.14. The lowest BCUT2D eigenvalue weighted by atomic mass is 10.3. The van der Waals surface area contributed by atoms with Crippen molar-refractivity contribution in [1.82, 2.24) is 10.2 Å². The number of nitrogen functional groups attached to an aromatic ring is 1. The Bertz CT molecular complexity index is 459. The maximum Gasteiger partial charge on any atom is 0.223 e. The molecule has 0 bridgehead atoms. The smallest absolute Gasteiger partial charge is 0.223 e. The monoisotopic (exact) mass is 291 g/mol. The van der Waals surface area contributed by atoms with E-state index in [0.717, 1.165) is 19.6 Å². The van der Waals surface area contributed by atoms with Gasteiger partial charge in [0.25, 0.3) is 0 Å². The number of amides is 1. The summed E-state index contributed by atoms with van der Waals surface area (Å²) in [4.78, 5) is 14.2. The number of hydrogen-bond acceptors (Lipinski definition) is 4. The van der Waals surface area contributed by atoms with Crippen molar-refractivity contribution in [2.45, 2.75) is 32.2 Å². The molecule has 1 atom stereocenters. The van der Waals surface area contributed by atoms with Crippen molar-refractivity contribution in [1.29, 1.82) is 0 Å². The van der Waals surface area contributed by atoms with Gasteiger partial charge in [-0.15, -0.1) is 0 Å². The zero-order valence-electron chi connectivity index (χ0n) is 12.7. The van der Waals surface area contributed by atoms with Crippen LogP contribution in [0.15, 0.2) is 24.3 Å². The van der Waals surface area contributed by atoms with E-state index in [1.54, 1.807) is 12.1 Å².